The van der Waals surface area contributed by atoms with Crippen molar-refractivity contribution in [1.29, 1.82) is 0 Å². The molecule has 0 aliphatic heterocycles. The lowest BCUT2D eigenvalue weighted by Gasteiger charge is -2.31. The summed E-state index contributed by atoms with van der Waals surface area (Å²) in [4.78, 5) is 29.7. The lowest BCUT2D eigenvalue weighted by Crippen LogP contribution is -2.34. The molecule has 1 aliphatic rings. The van der Waals surface area contributed by atoms with Crippen molar-refractivity contribution in [3.63, 3.8) is 0 Å². The third-order valence-corrected chi connectivity index (χ3v) is 6.73. The molecule has 0 radical (unpaired) electrons. The van der Waals surface area contributed by atoms with Crippen LogP contribution in [0.25, 0.3) is 21.9 Å². The number of halogens is 2. The van der Waals surface area contributed by atoms with E-state index in [1.807, 2.05) is 16.7 Å². The lowest BCUT2D eigenvalue weighted by atomic mass is 9.85. The van der Waals surface area contributed by atoms with E-state index < -0.39 is 5.82 Å². The topological polar surface area (TPSA) is 90.0 Å². The smallest absolute Gasteiger partial charge is 0.264 e. The number of rotatable bonds is 4. The van der Waals surface area contributed by atoms with Crippen LogP contribution in [-0.4, -0.2) is 27.2 Å². The van der Waals surface area contributed by atoms with E-state index in [4.69, 9.17) is 16.1 Å². The number of nitrogens with one attached hydrogen (secondary N) is 1. The second kappa shape index (κ2) is 8.59. The third kappa shape index (κ3) is 3.88. The van der Waals surface area contributed by atoms with Crippen LogP contribution in [-0.2, 0) is 0 Å². The van der Waals surface area contributed by atoms with Crippen LogP contribution in [0.1, 0.15) is 47.8 Å². The maximum absolute atomic E-state index is 13.5. The second-order valence-corrected chi connectivity index (χ2v) is 8.98. The number of pyridine rings is 2. The number of hydrogen-bond acceptors (Lipinski definition) is 5. The zero-order valence-electron chi connectivity index (χ0n) is 18.0. The molecule has 0 saturated heterocycles. The summed E-state index contributed by atoms with van der Waals surface area (Å²) in [6.07, 6.45) is 5.82. The van der Waals surface area contributed by atoms with Crippen LogP contribution in [0.3, 0.4) is 0 Å². The number of amides is 1. The van der Waals surface area contributed by atoms with E-state index in [9.17, 15) is 14.0 Å². The highest BCUT2D eigenvalue weighted by Gasteiger charge is 2.28. The van der Waals surface area contributed by atoms with Crippen molar-refractivity contribution in [3.05, 3.63) is 69.1 Å². The fourth-order valence-electron chi connectivity index (χ4n) is 4.88. The highest BCUT2D eigenvalue weighted by Crippen LogP contribution is 2.37. The van der Waals surface area contributed by atoms with Crippen molar-refractivity contribution in [3.8, 4) is 0 Å². The molecule has 170 valence electrons. The fourth-order valence-corrected chi connectivity index (χ4v) is 5.14. The molecule has 0 spiro atoms. The zero-order valence-corrected chi connectivity index (χ0v) is 18.7. The number of nitrogens with zero attached hydrogens (tertiary/aromatic N) is 3. The van der Waals surface area contributed by atoms with Crippen molar-refractivity contribution in [1.82, 2.24) is 20.0 Å². The van der Waals surface area contributed by atoms with E-state index in [2.05, 4.69) is 15.5 Å². The number of hydrogen-bond donors (Lipinski definition) is 1. The molecule has 5 rings (SSSR count). The van der Waals surface area contributed by atoms with Crippen LogP contribution in [0.5, 0.6) is 0 Å². The van der Waals surface area contributed by atoms with Crippen molar-refractivity contribution in [2.45, 2.75) is 38.6 Å². The van der Waals surface area contributed by atoms with E-state index in [1.54, 1.807) is 13.0 Å². The summed E-state index contributed by atoms with van der Waals surface area (Å²) in [6, 6.07) is 6.59. The molecule has 7 nitrogen and oxygen atoms in total. The predicted molar refractivity (Wildman–Crippen MR) is 123 cm³/mol. The molecule has 1 saturated carbocycles. The van der Waals surface area contributed by atoms with Gasteiger partial charge in [-0.1, -0.05) is 29.2 Å². The van der Waals surface area contributed by atoms with Gasteiger partial charge in [-0.2, -0.15) is 0 Å². The van der Waals surface area contributed by atoms with Crippen LogP contribution >= 0.6 is 11.6 Å². The van der Waals surface area contributed by atoms with Crippen molar-refractivity contribution in [2.24, 2.45) is 5.92 Å². The van der Waals surface area contributed by atoms with Gasteiger partial charge < -0.3 is 14.4 Å². The Morgan fingerprint density at radius 3 is 2.97 bits per heavy atom. The van der Waals surface area contributed by atoms with Gasteiger partial charge >= 0.3 is 0 Å². The molecule has 0 bridgehead atoms. The molecule has 1 aliphatic carbocycles. The van der Waals surface area contributed by atoms with Crippen molar-refractivity contribution < 1.29 is 13.7 Å². The van der Waals surface area contributed by atoms with Crippen LogP contribution < -0.4 is 10.9 Å². The van der Waals surface area contributed by atoms with Gasteiger partial charge in [0.1, 0.15) is 11.2 Å². The molecule has 2 atom stereocenters. The van der Waals surface area contributed by atoms with Gasteiger partial charge in [0.2, 0.25) is 0 Å². The van der Waals surface area contributed by atoms with Gasteiger partial charge in [0, 0.05) is 18.8 Å². The minimum atomic E-state index is -0.551. The second-order valence-electron chi connectivity index (χ2n) is 8.57. The SMILES string of the molecule is Cc1noc2c1c(=O)n(C1CCCC(CNC(=O)c3cncc(F)c3)C1)c1cccc(Cl)c21. The van der Waals surface area contributed by atoms with Gasteiger partial charge in [-0.3, -0.25) is 14.6 Å². The highest BCUT2D eigenvalue weighted by molar-refractivity contribution is 6.37. The van der Waals surface area contributed by atoms with Gasteiger partial charge in [-0.25, -0.2) is 4.39 Å². The van der Waals surface area contributed by atoms with E-state index in [0.717, 1.165) is 43.5 Å². The molecule has 4 aromatic rings. The van der Waals surface area contributed by atoms with Gasteiger partial charge in [-0.15, -0.1) is 0 Å². The number of carbonyl (C=O) groups excluding carboxylic acids is 1. The summed E-state index contributed by atoms with van der Waals surface area (Å²) >= 11 is 6.51. The Morgan fingerprint density at radius 1 is 1.30 bits per heavy atom. The molecule has 1 N–H and O–H groups in total. The highest BCUT2D eigenvalue weighted by atomic mass is 35.5. The molecule has 2 unspecified atom stereocenters. The monoisotopic (exact) mass is 468 g/mol. The van der Waals surface area contributed by atoms with Gasteiger partial charge in [0.05, 0.1) is 33.4 Å². The number of carbonyl (C=O) groups is 1. The first-order valence-corrected chi connectivity index (χ1v) is 11.3. The summed E-state index contributed by atoms with van der Waals surface area (Å²) in [5.41, 5.74) is 1.72. The van der Waals surface area contributed by atoms with Crippen LogP contribution in [0.2, 0.25) is 5.02 Å². The Balaban J connectivity index is 1.45. The van der Waals surface area contributed by atoms with Crippen LogP contribution in [0, 0.1) is 18.7 Å². The summed E-state index contributed by atoms with van der Waals surface area (Å²) in [7, 11) is 0. The molecule has 3 heterocycles. The van der Waals surface area contributed by atoms with Crippen LogP contribution in [0.15, 0.2) is 46.0 Å². The minimum absolute atomic E-state index is 0.0522. The van der Waals surface area contributed by atoms with Gasteiger partial charge in [0.25, 0.3) is 11.5 Å². The molecular weight excluding hydrogens is 447 g/mol. The van der Waals surface area contributed by atoms with Crippen molar-refractivity contribution >= 4 is 39.4 Å². The number of aryl methyl sites for hydroxylation is 1. The predicted octanol–water partition coefficient (Wildman–Crippen LogP) is 4.80. The van der Waals surface area contributed by atoms with Crippen molar-refractivity contribution in [2.75, 3.05) is 6.54 Å². The van der Waals surface area contributed by atoms with E-state index in [-0.39, 0.29) is 29.0 Å². The first-order chi connectivity index (χ1) is 15.9. The minimum Gasteiger partial charge on any atom is -0.355 e. The Labute approximate surface area is 193 Å². The molecular formula is C24H22ClFN4O3. The maximum atomic E-state index is 13.5. The Hall–Kier alpha value is -3.26. The van der Waals surface area contributed by atoms with Gasteiger partial charge in [0.15, 0.2) is 5.58 Å². The molecule has 3 aromatic heterocycles. The first-order valence-electron chi connectivity index (χ1n) is 10.9. The number of aromatic nitrogens is 3. The average Bonchev–Trinajstić information content (AvgIpc) is 3.19. The summed E-state index contributed by atoms with van der Waals surface area (Å²) in [6.45, 7) is 2.19. The summed E-state index contributed by atoms with van der Waals surface area (Å²) < 4.78 is 20.7. The molecule has 1 aromatic carbocycles. The normalized spacial score (nSPS) is 18.6. The third-order valence-electron chi connectivity index (χ3n) is 6.41. The largest absolute Gasteiger partial charge is 0.355 e. The Bertz CT molecular complexity index is 1430. The Morgan fingerprint density at radius 2 is 2.15 bits per heavy atom. The lowest BCUT2D eigenvalue weighted by molar-refractivity contribution is 0.0939. The standard InChI is InChI=1S/C24H22ClFN4O3/c1-13-20-22(33-29-13)21-18(25)6-3-7-19(21)30(24(20)32)17-5-2-4-14(8-17)10-28-23(31)15-9-16(26)12-27-11-15/h3,6-7,9,11-12,14,17H,2,4-5,8,10H2,1H3,(H,28,31). The quantitative estimate of drug-likeness (QED) is 0.464. The first kappa shape index (κ1) is 21.6. The molecule has 1 amide bonds. The molecule has 33 heavy (non-hydrogen) atoms. The van der Waals surface area contributed by atoms with E-state index >= 15 is 0 Å². The number of benzene rings is 1. The number of fused-ring (bicyclic) bond motifs is 3. The van der Waals surface area contributed by atoms with Gasteiger partial charge in [-0.05, 0) is 50.3 Å². The maximum Gasteiger partial charge on any atom is 0.264 e. The van der Waals surface area contributed by atoms with E-state index in [1.165, 1.54) is 6.20 Å². The fraction of sp³-hybridized carbons (Fsp3) is 0.333. The summed E-state index contributed by atoms with van der Waals surface area (Å²) in [5.74, 6) is -0.737. The Kier molecular flexibility index (Phi) is 5.62. The average molecular weight is 469 g/mol. The zero-order chi connectivity index (χ0) is 23.1. The molecule has 1 fully saturated rings. The molecule has 9 heteroatoms. The van der Waals surface area contributed by atoms with Crippen LogP contribution in [0.4, 0.5) is 4.39 Å². The van der Waals surface area contributed by atoms with E-state index in [0.29, 0.717) is 33.6 Å². The summed E-state index contributed by atoms with van der Waals surface area (Å²) in [5, 5.41) is 8.53.